The molecule has 2 atom stereocenters. The van der Waals surface area contributed by atoms with Gasteiger partial charge in [0, 0.05) is 24.4 Å². The number of rotatable bonds is 6. The van der Waals surface area contributed by atoms with Crippen LogP contribution in [0.25, 0.3) is 0 Å². The summed E-state index contributed by atoms with van der Waals surface area (Å²) in [7, 11) is -0.544. The number of hydrogen-bond donors (Lipinski definition) is 1. The summed E-state index contributed by atoms with van der Waals surface area (Å²) < 4.78 is 23.5. The van der Waals surface area contributed by atoms with Crippen LogP contribution >= 0.6 is 0 Å². The van der Waals surface area contributed by atoms with Crippen molar-refractivity contribution in [2.24, 2.45) is 5.92 Å². The molecular weight excluding hydrogens is 463 g/mol. The van der Waals surface area contributed by atoms with Gasteiger partial charge in [-0.05, 0) is 67.2 Å². The lowest BCUT2D eigenvalue weighted by Crippen LogP contribution is -2.55. The number of alkyl carbamates (subject to hydrolysis) is 1. The van der Waals surface area contributed by atoms with Crippen LogP contribution in [-0.2, 0) is 18.8 Å². The molecule has 1 N–H and O–H groups in total. The Balaban J connectivity index is 1.59. The summed E-state index contributed by atoms with van der Waals surface area (Å²) in [5, 5.41) is 2.74. The molecule has 10 nitrogen and oxygen atoms in total. The van der Waals surface area contributed by atoms with E-state index < -0.39 is 36.1 Å². The highest BCUT2D eigenvalue weighted by atomic mass is 16.7. The molecule has 0 bridgehead atoms. The Bertz CT molecular complexity index is 915. The standard InChI is InChI=1S/C25H41BN4O6/c1-16(2)19(29-22(32)34-23(3,4)5)20(31)30-12-10-11-18(15-30)33-21-27-13-17(14-28-21)26-35-24(6,7)25(8,9)36-26/h13-14,16,18-19H,10-12,15H2,1-9H3,(H,29,32)/t18-,19+/m1/s1. The molecule has 0 aromatic carbocycles. The fourth-order valence-corrected chi connectivity index (χ4v) is 4.02. The second-order valence-electron chi connectivity index (χ2n) is 11.9. The van der Waals surface area contributed by atoms with Crippen molar-refractivity contribution in [3.63, 3.8) is 0 Å². The summed E-state index contributed by atoms with van der Waals surface area (Å²) >= 11 is 0. The van der Waals surface area contributed by atoms with Gasteiger partial charge in [-0.15, -0.1) is 0 Å². The van der Waals surface area contributed by atoms with Gasteiger partial charge in [0.15, 0.2) is 0 Å². The van der Waals surface area contributed by atoms with E-state index in [-0.39, 0.29) is 23.9 Å². The molecule has 2 saturated heterocycles. The van der Waals surface area contributed by atoms with Crippen LogP contribution in [0.15, 0.2) is 12.4 Å². The van der Waals surface area contributed by atoms with E-state index in [1.54, 1.807) is 38.1 Å². The van der Waals surface area contributed by atoms with Crippen LogP contribution in [0.4, 0.5) is 4.79 Å². The molecule has 200 valence electrons. The van der Waals surface area contributed by atoms with Gasteiger partial charge >= 0.3 is 19.2 Å². The molecule has 11 heteroatoms. The van der Waals surface area contributed by atoms with Crippen LogP contribution in [0.3, 0.4) is 0 Å². The fourth-order valence-electron chi connectivity index (χ4n) is 4.02. The Morgan fingerprint density at radius 3 is 2.25 bits per heavy atom. The first-order valence-corrected chi connectivity index (χ1v) is 12.7. The lowest BCUT2D eigenvalue weighted by atomic mass is 9.81. The van der Waals surface area contributed by atoms with Crippen molar-refractivity contribution in [3.05, 3.63) is 12.4 Å². The zero-order valence-corrected chi connectivity index (χ0v) is 23.1. The third-order valence-corrected chi connectivity index (χ3v) is 6.74. The zero-order chi connectivity index (χ0) is 26.9. The number of piperidine rings is 1. The summed E-state index contributed by atoms with van der Waals surface area (Å²) in [6, 6.07) is -0.448. The van der Waals surface area contributed by atoms with Gasteiger partial charge in [-0.25, -0.2) is 14.8 Å². The van der Waals surface area contributed by atoms with Gasteiger partial charge in [-0.1, -0.05) is 13.8 Å². The number of likely N-dealkylation sites (tertiary alicyclic amines) is 1. The number of carbonyl (C=O) groups is 2. The molecule has 0 saturated carbocycles. The van der Waals surface area contributed by atoms with E-state index in [1.807, 2.05) is 41.5 Å². The van der Waals surface area contributed by atoms with E-state index in [1.165, 1.54) is 0 Å². The average Bonchev–Trinajstić information content (AvgIpc) is 2.98. The van der Waals surface area contributed by atoms with Crippen molar-refractivity contribution >= 4 is 24.6 Å². The van der Waals surface area contributed by atoms with Gasteiger partial charge in [0.1, 0.15) is 17.7 Å². The van der Waals surface area contributed by atoms with E-state index in [0.717, 1.165) is 18.3 Å². The first kappa shape index (κ1) is 28.2. The van der Waals surface area contributed by atoms with Crippen LogP contribution in [0.1, 0.15) is 75.2 Å². The Kier molecular flexibility index (Phi) is 8.25. The lowest BCUT2D eigenvalue weighted by Gasteiger charge is -2.35. The molecule has 2 fully saturated rings. The molecule has 2 aliphatic heterocycles. The maximum absolute atomic E-state index is 13.3. The largest absolute Gasteiger partial charge is 0.498 e. The highest BCUT2D eigenvalue weighted by Crippen LogP contribution is 2.36. The van der Waals surface area contributed by atoms with E-state index in [0.29, 0.717) is 13.1 Å². The van der Waals surface area contributed by atoms with Crippen molar-refractivity contribution in [3.8, 4) is 6.01 Å². The Morgan fingerprint density at radius 2 is 1.72 bits per heavy atom. The maximum atomic E-state index is 13.3. The molecule has 0 unspecified atom stereocenters. The first-order valence-electron chi connectivity index (χ1n) is 12.7. The molecule has 1 aromatic heterocycles. The molecular formula is C25H41BN4O6. The predicted octanol–water partition coefficient (Wildman–Crippen LogP) is 2.69. The average molecular weight is 504 g/mol. The summed E-state index contributed by atoms with van der Waals surface area (Å²) in [6.45, 7) is 18.1. The minimum atomic E-state index is -0.686. The van der Waals surface area contributed by atoms with E-state index in [2.05, 4.69) is 15.3 Å². The van der Waals surface area contributed by atoms with Crippen LogP contribution < -0.4 is 15.5 Å². The highest BCUT2D eigenvalue weighted by Gasteiger charge is 2.52. The number of hydrogen-bond acceptors (Lipinski definition) is 8. The van der Waals surface area contributed by atoms with Gasteiger partial charge in [-0.3, -0.25) is 4.79 Å². The number of carbonyl (C=O) groups excluding carboxylic acids is 2. The minimum Gasteiger partial charge on any atom is -0.458 e. The Hall–Kier alpha value is -2.40. The van der Waals surface area contributed by atoms with Crippen LogP contribution in [0.5, 0.6) is 6.01 Å². The Morgan fingerprint density at radius 1 is 1.14 bits per heavy atom. The van der Waals surface area contributed by atoms with Gasteiger partial charge in [0.05, 0.1) is 17.7 Å². The van der Waals surface area contributed by atoms with Crippen molar-refractivity contribution in [1.82, 2.24) is 20.2 Å². The second-order valence-corrected chi connectivity index (χ2v) is 11.9. The molecule has 0 radical (unpaired) electrons. The number of nitrogens with zero attached hydrogens (tertiary/aromatic N) is 3. The molecule has 0 spiro atoms. The topological polar surface area (TPSA) is 112 Å². The SMILES string of the molecule is CC(C)[C@H](NC(=O)OC(C)(C)C)C(=O)N1CCC[C@@H](Oc2ncc(B3OC(C)(C)C(C)(C)O3)cn2)C1. The van der Waals surface area contributed by atoms with E-state index in [4.69, 9.17) is 18.8 Å². The van der Waals surface area contributed by atoms with Crippen LogP contribution in [-0.4, -0.2) is 76.0 Å². The summed E-state index contributed by atoms with van der Waals surface area (Å²) in [4.78, 5) is 36.0. The molecule has 3 heterocycles. The normalized spacial score (nSPS) is 22.3. The van der Waals surface area contributed by atoms with Crippen molar-refractivity contribution in [1.29, 1.82) is 0 Å². The smallest absolute Gasteiger partial charge is 0.458 e. The summed E-state index contributed by atoms with van der Waals surface area (Å²) in [5.74, 6) is -0.252. The fraction of sp³-hybridized carbons (Fsp3) is 0.760. The van der Waals surface area contributed by atoms with Gasteiger partial charge in [-0.2, -0.15) is 0 Å². The monoisotopic (exact) mass is 504 g/mol. The summed E-state index contributed by atoms with van der Waals surface area (Å²) in [5.41, 5.74) is -0.820. The minimum absolute atomic E-state index is 0.0998. The number of aromatic nitrogens is 2. The van der Waals surface area contributed by atoms with Crippen molar-refractivity contribution in [2.75, 3.05) is 13.1 Å². The molecule has 0 aliphatic carbocycles. The zero-order valence-electron chi connectivity index (χ0n) is 23.1. The molecule has 2 amide bonds. The number of amides is 2. The van der Waals surface area contributed by atoms with Gasteiger partial charge < -0.3 is 29.0 Å². The maximum Gasteiger partial charge on any atom is 0.498 e. The van der Waals surface area contributed by atoms with E-state index in [9.17, 15) is 9.59 Å². The van der Waals surface area contributed by atoms with Crippen LogP contribution in [0, 0.1) is 5.92 Å². The lowest BCUT2D eigenvalue weighted by molar-refractivity contribution is -0.137. The third kappa shape index (κ3) is 6.88. The molecule has 3 rings (SSSR count). The van der Waals surface area contributed by atoms with Crippen molar-refractivity contribution in [2.45, 2.75) is 104 Å². The number of ether oxygens (including phenoxy) is 2. The first-order chi connectivity index (χ1) is 16.6. The second kappa shape index (κ2) is 10.5. The third-order valence-electron chi connectivity index (χ3n) is 6.74. The van der Waals surface area contributed by atoms with Crippen molar-refractivity contribution < 1.29 is 28.4 Å². The van der Waals surface area contributed by atoms with Gasteiger partial charge in [0.25, 0.3) is 0 Å². The van der Waals surface area contributed by atoms with Gasteiger partial charge in [0.2, 0.25) is 5.91 Å². The summed E-state index contributed by atoms with van der Waals surface area (Å²) in [6.07, 6.45) is 4.00. The van der Waals surface area contributed by atoms with Crippen LogP contribution in [0.2, 0.25) is 0 Å². The predicted molar refractivity (Wildman–Crippen MR) is 136 cm³/mol. The molecule has 2 aliphatic rings. The van der Waals surface area contributed by atoms with E-state index >= 15 is 0 Å². The number of nitrogens with one attached hydrogen (secondary N) is 1. The quantitative estimate of drug-likeness (QED) is 0.589. The Labute approximate surface area is 215 Å². The molecule has 1 aromatic rings. The molecule has 36 heavy (non-hydrogen) atoms. The highest BCUT2D eigenvalue weighted by molar-refractivity contribution is 6.61.